The zero-order valence-electron chi connectivity index (χ0n) is 14.0. The molecule has 3 aromatic rings. The van der Waals surface area contributed by atoms with E-state index in [-0.39, 0.29) is 17.8 Å². The minimum atomic E-state index is -0.247. The van der Waals surface area contributed by atoms with E-state index in [0.717, 1.165) is 22.0 Å². The van der Waals surface area contributed by atoms with Gasteiger partial charge in [-0.3, -0.25) is 9.52 Å². The molecule has 4 nitrogen and oxygen atoms in total. The van der Waals surface area contributed by atoms with E-state index in [1.54, 1.807) is 29.8 Å². The molecular weight excluding hydrogens is 337 g/mol. The van der Waals surface area contributed by atoms with Gasteiger partial charge in [0.1, 0.15) is 5.82 Å². The molecule has 1 aliphatic heterocycles. The molecule has 0 fully saturated rings. The van der Waals surface area contributed by atoms with Crippen molar-refractivity contribution < 1.29 is 9.18 Å². The van der Waals surface area contributed by atoms with E-state index in [0.29, 0.717) is 6.54 Å². The topological polar surface area (TPSA) is 48.1 Å². The van der Waals surface area contributed by atoms with E-state index in [9.17, 15) is 9.18 Å². The normalized spacial score (nSPS) is 16.2. The Labute approximate surface area is 149 Å². The maximum absolute atomic E-state index is 13.4. The van der Waals surface area contributed by atoms with Crippen LogP contribution in [-0.4, -0.2) is 29.4 Å². The second-order valence-electron chi connectivity index (χ2n) is 6.32. The molecule has 1 aliphatic rings. The van der Waals surface area contributed by atoms with Gasteiger partial charge in [-0.15, -0.1) is 0 Å². The van der Waals surface area contributed by atoms with Crippen LogP contribution < -0.4 is 4.72 Å². The van der Waals surface area contributed by atoms with E-state index in [1.807, 2.05) is 13.2 Å². The molecule has 0 bridgehead atoms. The fourth-order valence-electron chi connectivity index (χ4n) is 3.15. The molecule has 0 radical (unpaired) electrons. The van der Waals surface area contributed by atoms with Crippen LogP contribution in [0.15, 0.2) is 47.5 Å². The molecule has 1 atom stereocenters. The van der Waals surface area contributed by atoms with Crippen molar-refractivity contribution >= 4 is 28.8 Å². The lowest BCUT2D eigenvalue weighted by molar-refractivity contribution is -0.127. The zero-order valence-corrected chi connectivity index (χ0v) is 14.8. The Hall–Kier alpha value is -2.31. The lowest BCUT2D eigenvalue weighted by Crippen LogP contribution is -2.31. The summed E-state index contributed by atoms with van der Waals surface area (Å²) in [7, 11) is 1.81. The Morgan fingerprint density at radius 2 is 2.12 bits per heavy atom. The summed E-state index contributed by atoms with van der Waals surface area (Å²) in [6, 6.07) is 11.2. The van der Waals surface area contributed by atoms with Crippen molar-refractivity contribution in [3.05, 3.63) is 54.0 Å². The first-order valence-electron chi connectivity index (χ1n) is 8.08. The minimum absolute atomic E-state index is 0.0510. The zero-order chi connectivity index (χ0) is 17.6. The highest BCUT2D eigenvalue weighted by Crippen LogP contribution is 2.39. The summed E-state index contributed by atoms with van der Waals surface area (Å²) < 4.78 is 16.8. The smallest absolute Gasteiger partial charge is 0.219 e. The number of rotatable bonds is 3. The minimum Gasteiger partial charge on any atom is -0.360 e. The third-order valence-electron chi connectivity index (χ3n) is 4.65. The van der Waals surface area contributed by atoms with Gasteiger partial charge in [-0.1, -0.05) is 6.07 Å². The molecule has 25 heavy (non-hydrogen) atoms. The summed E-state index contributed by atoms with van der Waals surface area (Å²) in [6.07, 6.45) is 1.91. The molecule has 2 heterocycles. The van der Waals surface area contributed by atoms with E-state index in [2.05, 4.69) is 27.9 Å². The number of likely N-dealkylation sites (N-methyl/N-ethyl adjacent to an activating group) is 1. The van der Waals surface area contributed by atoms with Crippen LogP contribution in [0.2, 0.25) is 0 Å². The van der Waals surface area contributed by atoms with E-state index in [4.69, 9.17) is 0 Å². The van der Waals surface area contributed by atoms with Gasteiger partial charge in [0.2, 0.25) is 5.91 Å². The van der Waals surface area contributed by atoms with Crippen LogP contribution in [0.25, 0.3) is 22.0 Å². The van der Waals surface area contributed by atoms with Crippen LogP contribution in [-0.2, 0) is 4.79 Å². The van der Waals surface area contributed by atoms with E-state index < -0.39 is 0 Å². The number of halogens is 1. The number of fused-ring (bicyclic) bond motifs is 2. The fourth-order valence-corrected chi connectivity index (χ4v) is 4.08. The largest absolute Gasteiger partial charge is 0.360 e. The molecule has 0 aliphatic carbocycles. The number of carbonyl (C=O) groups is 1. The molecule has 1 aromatic heterocycles. The first kappa shape index (κ1) is 16.2. The van der Waals surface area contributed by atoms with Crippen molar-refractivity contribution in [2.45, 2.75) is 17.9 Å². The van der Waals surface area contributed by atoms with Gasteiger partial charge < -0.3 is 9.88 Å². The maximum Gasteiger partial charge on any atom is 0.219 e. The Morgan fingerprint density at radius 1 is 1.28 bits per heavy atom. The molecule has 1 unspecified atom stereocenters. The molecule has 6 heteroatoms. The van der Waals surface area contributed by atoms with Gasteiger partial charge in [0.05, 0.1) is 6.04 Å². The lowest BCUT2D eigenvalue weighted by atomic mass is 9.99. The Bertz CT molecular complexity index is 968. The summed E-state index contributed by atoms with van der Waals surface area (Å²) in [5.74, 6) is -0.196. The Morgan fingerprint density at radius 3 is 2.92 bits per heavy atom. The van der Waals surface area contributed by atoms with Crippen molar-refractivity contribution in [2.24, 2.45) is 0 Å². The van der Waals surface area contributed by atoms with Crippen LogP contribution in [0.1, 0.15) is 18.5 Å². The van der Waals surface area contributed by atoms with Gasteiger partial charge in [0.15, 0.2) is 0 Å². The highest BCUT2D eigenvalue weighted by Gasteiger charge is 2.25. The van der Waals surface area contributed by atoms with Crippen molar-refractivity contribution in [1.29, 1.82) is 0 Å². The van der Waals surface area contributed by atoms with Gasteiger partial charge in [-0.2, -0.15) is 0 Å². The van der Waals surface area contributed by atoms with E-state index in [1.165, 1.54) is 22.6 Å². The maximum atomic E-state index is 13.4. The summed E-state index contributed by atoms with van der Waals surface area (Å²) in [5.41, 5.74) is 4.10. The second kappa shape index (κ2) is 6.20. The Balaban J connectivity index is 1.72. The number of hydrogen-bond acceptors (Lipinski definition) is 3. The van der Waals surface area contributed by atoms with Crippen molar-refractivity contribution in [1.82, 2.24) is 14.6 Å². The van der Waals surface area contributed by atoms with Crippen LogP contribution in [0.5, 0.6) is 0 Å². The first-order chi connectivity index (χ1) is 12.0. The number of benzene rings is 2. The van der Waals surface area contributed by atoms with Crippen molar-refractivity contribution in [3.63, 3.8) is 0 Å². The second-order valence-corrected chi connectivity index (χ2v) is 7.20. The molecule has 128 valence electrons. The van der Waals surface area contributed by atoms with Crippen LogP contribution in [0.3, 0.4) is 0 Å². The molecule has 4 rings (SSSR count). The molecule has 2 N–H and O–H groups in total. The molecule has 2 aromatic carbocycles. The third kappa shape index (κ3) is 2.92. The van der Waals surface area contributed by atoms with Crippen molar-refractivity contribution in [3.8, 4) is 11.1 Å². The number of nitrogens with zero attached hydrogens (tertiary/aromatic N) is 1. The predicted octanol–water partition coefficient (Wildman–Crippen LogP) is 4.10. The van der Waals surface area contributed by atoms with Gasteiger partial charge in [0.25, 0.3) is 0 Å². The molecule has 0 saturated carbocycles. The number of amides is 1. The van der Waals surface area contributed by atoms with Crippen LogP contribution in [0.4, 0.5) is 4.39 Å². The quantitative estimate of drug-likeness (QED) is 0.695. The molecule has 0 spiro atoms. The monoisotopic (exact) mass is 355 g/mol. The molecule has 1 amide bonds. The summed E-state index contributed by atoms with van der Waals surface area (Å²) >= 11 is 1.60. The number of nitrogens with one attached hydrogen (secondary N) is 2. The average Bonchev–Trinajstić information content (AvgIpc) is 3.18. The SMILES string of the molecule is CC(=O)N(C)CC1NSc2ccc(-c3c[nH]c4cc(F)ccc34)cc21. The highest BCUT2D eigenvalue weighted by atomic mass is 32.2. The third-order valence-corrected chi connectivity index (χ3v) is 5.64. The van der Waals surface area contributed by atoms with Crippen molar-refractivity contribution in [2.75, 3.05) is 13.6 Å². The first-order valence-corrected chi connectivity index (χ1v) is 8.89. The van der Waals surface area contributed by atoms with Crippen LogP contribution in [0, 0.1) is 5.82 Å². The van der Waals surface area contributed by atoms with E-state index >= 15 is 0 Å². The van der Waals surface area contributed by atoms with Gasteiger partial charge >= 0.3 is 0 Å². The summed E-state index contributed by atoms with van der Waals surface area (Å²) in [6.45, 7) is 2.20. The molecular formula is C19H18FN3OS. The number of carbonyl (C=O) groups excluding carboxylic acids is 1. The fraction of sp³-hybridized carbons (Fsp3) is 0.211. The van der Waals surface area contributed by atoms with Gasteiger partial charge in [-0.05, 0) is 53.4 Å². The summed E-state index contributed by atoms with van der Waals surface area (Å²) in [5, 5.41) is 0.998. The standard InChI is InChI=1S/C19H18FN3OS/c1-11(24)23(2)10-18-15-7-12(3-6-19(15)25-22-18)16-9-21-17-8-13(20)4-5-14(16)17/h3-9,18,21-22H,10H2,1-2H3. The van der Waals surface area contributed by atoms with Gasteiger partial charge in [0, 0.05) is 48.1 Å². The molecule has 0 saturated heterocycles. The lowest BCUT2D eigenvalue weighted by Gasteiger charge is -2.20. The number of aromatic amines is 1. The highest BCUT2D eigenvalue weighted by molar-refractivity contribution is 7.97. The number of aromatic nitrogens is 1. The summed E-state index contributed by atoms with van der Waals surface area (Å²) in [4.78, 5) is 17.6. The average molecular weight is 355 g/mol. The number of H-pyrrole nitrogens is 1. The number of hydrogen-bond donors (Lipinski definition) is 2. The Kier molecular flexibility index (Phi) is 4.01. The van der Waals surface area contributed by atoms with Gasteiger partial charge in [-0.25, -0.2) is 4.39 Å². The van der Waals surface area contributed by atoms with Crippen LogP contribution >= 0.6 is 11.9 Å². The predicted molar refractivity (Wildman–Crippen MR) is 98.7 cm³/mol.